The largest absolute Gasteiger partial charge is 0.311 e. The Bertz CT molecular complexity index is 476. The van der Waals surface area contributed by atoms with E-state index >= 15 is 0 Å². The van der Waals surface area contributed by atoms with E-state index in [1.165, 1.54) is 11.1 Å². The lowest BCUT2D eigenvalue weighted by atomic mass is 10.1. The van der Waals surface area contributed by atoms with Crippen LogP contribution in [0, 0.1) is 6.92 Å². The molecule has 0 radical (unpaired) electrons. The Labute approximate surface area is 102 Å². The van der Waals surface area contributed by atoms with Gasteiger partial charge in [0.25, 0.3) is 0 Å². The van der Waals surface area contributed by atoms with E-state index < -0.39 is 0 Å². The number of aromatic nitrogens is 3. The van der Waals surface area contributed by atoms with Gasteiger partial charge in [0.05, 0.1) is 11.9 Å². The summed E-state index contributed by atoms with van der Waals surface area (Å²) in [7, 11) is 1.91. The fraction of sp³-hybridized carbons (Fsp3) is 0.385. The molecule has 0 aliphatic carbocycles. The van der Waals surface area contributed by atoms with E-state index in [0.717, 1.165) is 25.2 Å². The summed E-state index contributed by atoms with van der Waals surface area (Å²) < 4.78 is 1.79. The Kier molecular flexibility index (Phi) is 3.88. The van der Waals surface area contributed by atoms with Crippen LogP contribution < -0.4 is 5.32 Å². The summed E-state index contributed by atoms with van der Waals surface area (Å²) in [5, 5.41) is 11.1. The maximum Gasteiger partial charge on any atom is 0.0738 e. The first kappa shape index (κ1) is 11.8. The summed E-state index contributed by atoms with van der Waals surface area (Å²) >= 11 is 0. The summed E-state index contributed by atoms with van der Waals surface area (Å²) in [6, 6.07) is 8.63. The van der Waals surface area contributed by atoms with Gasteiger partial charge in [-0.05, 0) is 25.5 Å². The van der Waals surface area contributed by atoms with Crippen molar-refractivity contribution in [2.75, 3.05) is 6.54 Å². The molecule has 0 atom stereocenters. The summed E-state index contributed by atoms with van der Waals surface area (Å²) in [4.78, 5) is 0. The summed E-state index contributed by atoms with van der Waals surface area (Å²) in [5.41, 5.74) is 3.80. The van der Waals surface area contributed by atoms with Crippen molar-refractivity contribution in [2.45, 2.75) is 19.9 Å². The lowest BCUT2D eigenvalue weighted by molar-refractivity contribution is 0.617. The minimum Gasteiger partial charge on any atom is -0.311 e. The Morgan fingerprint density at radius 3 is 2.94 bits per heavy atom. The van der Waals surface area contributed by atoms with Crippen LogP contribution in [0.1, 0.15) is 16.8 Å². The molecule has 1 aromatic carbocycles. The molecule has 17 heavy (non-hydrogen) atoms. The van der Waals surface area contributed by atoms with Crippen LogP contribution in [0.2, 0.25) is 0 Å². The minimum atomic E-state index is 0.815. The van der Waals surface area contributed by atoms with Crippen molar-refractivity contribution in [3.63, 3.8) is 0 Å². The molecule has 0 fully saturated rings. The summed E-state index contributed by atoms with van der Waals surface area (Å²) in [6.45, 7) is 3.90. The molecule has 4 nitrogen and oxygen atoms in total. The highest BCUT2D eigenvalue weighted by molar-refractivity contribution is 5.22. The monoisotopic (exact) mass is 230 g/mol. The van der Waals surface area contributed by atoms with Crippen molar-refractivity contribution in [1.82, 2.24) is 20.3 Å². The fourth-order valence-electron chi connectivity index (χ4n) is 1.79. The van der Waals surface area contributed by atoms with E-state index in [1.807, 2.05) is 7.05 Å². The smallest absolute Gasteiger partial charge is 0.0738 e. The van der Waals surface area contributed by atoms with Crippen molar-refractivity contribution in [3.05, 3.63) is 47.3 Å². The second kappa shape index (κ2) is 5.59. The van der Waals surface area contributed by atoms with Crippen LogP contribution in [-0.2, 0) is 20.0 Å². The fourth-order valence-corrected chi connectivity index (χ4v) is 1.79. The van der Waals surface area contributed by atoms with E-state index in [-0.39, 0.29) is 0 Å². The van der Waals surface area contributed by atoms with Crippen molar-refractivity contribution in [3.8, 4) is 0 Å². The third-order valence-electron chi connectivity index (χ3n) is 2.79. The molecule has 1 heterocycles. The topological polar surface area (TPSA) is 42.7 Å². The van der Waals surface area contributed by atoms with Crippen molar-refractivity contribution in [2.24, 2.45) is 7.05 Å². The standard InChI is InChI=1S/C13H18N4/c1-11-4-3-5-12(8-11)6-7-14-9-13-10-15-16-17(13)2/h3-5,8,10,14H,6-7,9H2,1-2H3. The molecule has 0 unspecified atom stereocenters. The molecule has 0 bridgehead atoms. The Balaban J connectivity index is 1.75. The highest BCUT2D eigenvalue weighted by Crippen LogP contribution is 2.04. The molecule has 0 spiro atoms. The first-order valence-electron chi connectivity index (χ1n) is 5.85. The molecule has 0 saturated heterocycles. The molecular weight excluding hydrogens is 212 g/mol. The average Bonchev–Trinajstić information content (AvgIpc) is 2.71. The second-order valence-electron chi connectivity index (χ2n) is 4.26. The van der Waals surface area contributed by atoms with Gasteiger partial charge in [0, 0.05) is 13.6 Å². The summed E-state index contributed by atoms with van der Waals surface area (Å²) in [6.07, 6.45) is 2.84. The maximum absolute atomic E-state index is 3.89. The van der Waals surface area contributed by atoms with Crippen LogP contribution in [-0.4, -0.2) is 21.5 Å². The van der Waals surface area contributed by atoms with Gasteiger partial charge in [0.2, 0.25) is 0 Å². The quantitative estimate of drug-likeness (QED) is 0.791. The zero-order chi connectivity index (χ0) is 12.1. The number of nitrogens with zero attached hydrogens (tertiary/aromatic N) is 3. The zero-order valence-corrected chi connectivity index (χ0v) is 10.3. The predicted molar refractivity (Wildman–Crippen MR) is 67.6 cm³/mol. The zero-order valence-electron chi connectivity index (χ0n) is 10.3. The van der Waals surface area contributed by atoms with Crippen LogP contribution in [0.3, 0.4) is 0 Å². The van der Waals surface area contributed by atoms with E-state index in [4.69, 9.17) is 0 Å². The first-order valence-corrected chi connectivity index (χ1v) is 5.85. The Morgan fingerprint density at radius 1 is 1.35 bits per heavy atom. The molecule has 4 heteroatoms. The number of aryl methyl sites for hydroxylation is 2. The van der Waals surface area contributed by atoms with Crippen LogP contribution in [0.25, 0.3) is 0 Å². The number of rotatable bonds is 5. The van der Waals surface area contributed by atoms with Gasteiger partial charge in [-0.1, -0.05) is 35.0 Å². The molecule has 2 aromatic rings. The maximum atomic E-state index is 3.89. The van der Waals surface area contributed by atoms with Gasteiger partial charge in [-0.25, -0.2) is 0 Å². The lowest BCUT2D eigenvalue weighted by Gasteiger charge is -2.05. The number of hydrogen-bond donors (Lipinski definition) is 1. The number of benzene rings is 1. The predicted octanol–water partition coefficient (Wildman–Crippen LogP) is 1.46. The molecule has 1 N–H and O–H groups in total. The molecule has 0 aliphatic heterocycles. The highest BCUT2D eigenvalue weighted by atomic mass is 15.4. The SMILES string of the molecule is Cc1cccc(CCNCc2cnnn2C)c1. The van der Waals surface area contributed by atoms with Gasteiger partial charge in [-0.15, -0.1) is 5.10 Å². The Hall–Kier alpha value is -1.68. The average molecular weight is 230 g/mol. The van der Waals surface area contributed by atoms with Gasteiger partial charge in [-0.2, -0.15) is 0 Å². The molecular formula is C13H18N4. The summed E-state index contributed by atoms with van der Waals surface area (Å²) in [5.74, 6) is 0. The van der Waals surface area contributed by atoms with Crippen molar-refractivity contribution >= 4 is 0 Å². The van der Waals surface area contributed by atoms with Crippen molar-refractivity contribution in [1.29, 1.82) is 0 Å². The van der Waals surface area contributed by atoms with E-state index in [0.29, 0.717) is 0 Å². The highest BCUT2D eigenvalue weighted by Gasteiger charge is 1.98. The third kappa shape index (κ3) is 3.39. The second-order valence-corrected chi connectivity index (χ2v) is 4.26. The Morgan fingerprint density at radius 2 is 2.24 bits per heavy atom. The van der Waals surface area contributed by atoms with Crippen LogP contribution in [0.4, 0.5) is 0 Å². The van der Waals surface area contributed by atoms with Gasteiger partial charge in [-0.3, -0.25) is 4.68 Å². The van der Waals surface area contributed by atoms with E-state index in [9.17, 15) is 0 Å². The van der Waals surface area contributed by atoms with Gasteiger partial charge >= 0.3 is 0 Å². The normalized spacial score (nSPS) is 10.7. The van der Waals surface area contributed by atoms with Gasteiger partial charge in [0.15, 0.2) is 0 Å². The van der Waals surface area contributed by atoms with Gasteiger partial charge in [0.1, 0.15) is 0 Å². The van der Waals surface area contributed by atoms with E-state index in [2.05, 4.69) is 46.8 Å². The molecule has 0 amide bonds. The number of nitrogens with one attached hydrogen (secondary N) is 1. The number of hydrogen-bond acceptors (Lipinski definition) is 3. The van der Waals surface area contributed by atoms with Crippen LogP contribution >= 0.6 is 0 Å². The molecule has 1 aromatic heterocycles. The first-order chi connectivity index (χ1) is 8.25. The molecule has 90 valence electrons. The third-order valence-corrected chi connectivity index (χ3v) is 2.79. The molecule has 2 rings (SSSR count). The van der Waals surface area contributed by atoms with E-state index in [1.54, 1.807) is 10.9 Å². The van der Waals surface area contributed by atoms with Crippen LogP contribution in [0.15, 0.2) is 30.5 Å². The van der Waals surface area contributed by atoms with Gasteiger partial charge < -0.3 is 5.32 Å². The van der Waals surface area contributed by atoms with Crippen LogP contribution in [0.5, 0.6) is 0 Å². The lowest BCUT2D eigenvalue weighted by Crippen LogP contribution is -2.18. The van der Waals surface area contributed by atoms with Crippen molar-refractivity contribution < 1.29 is 0 Å². The molecule has 0 aliphatic rings. The minimum absolute atomic E-state index is 0.815. The molecule has 0 saturated carbocycles.